The smallest absolute Gasteiger partial charge is 0.313 e. The molecule has 0 spiro atoms. The Morgan fingerprint density at radius 3 is 2.41 bits per heavy atom. The second-order valence-corrected chi connectivity index (χ2v) is 10.4. The normalized spacial score (nSPS) is 18.2. The van der Waals surface area contributed by atoms with E-state index in [-0.39, 0.29) is 61.4 Å². The van der Waals surface area contributed by atoms with Crippen LogP contribution >= 0.6 is 0 Å². The van der Waals surface area contributed by atoms with Crippen LogP contribution in [0.15, 0.2) is 36.4 Å². The van der Waals surface area contributed by atoms with Gasteiger partial charge in [-0.25, -0.2) is 0 Å². The van der Waals surface area contributed by atoms with Gasteiger partial charge in [0.25, 0.3) is 0 Å². The Kier molecular flexibility index (Phi) is 8.58. The third-order valence-electron chi connectivity index (χ3n) is 7.95. The maximum atomic E-state index is 12.8. The molecular formula is C30H36AcO3. The van der Waals surface area contributed by atoms with E-state index >= 15 is 0 Å². The molecule has 3 aromatic rings. The molecule has 177 valence electrons. The number of carbonyl (C=O) groups is 1. The first-order chi connectivity index (χ1) is 15.6. The Morgan fingerprint density at radius 2 is 1.68 bits per heavy atom. The van der Waals surface area contributed by atoms with E-state index in [1.54, 1.807) is 0 Å². The minimum Gasteiger partial charge on any atom is -0.507 e. The van der Waals surface area contributed by atoms with Crippen LogP contribution in [0.1, 0.15) is 71.6 Å². The summed E-state index contributed by atoms with van der Waals surface area (Å²) < 4.78 is 5.76. The van der Waals surface area contributed by atoms with E-state index in [0.717, 1.165) is 47.8 Å². The summed E-state index contributed by atoms with van der Waals surface area (Å²) in [6.07, 6.45) is 3.82. The molecule has 0 bridgehead atoms. The molecule has 0 amide bonds. The first-order valence-electron chi connectivity index (χ1n) is 12.1. The summed E-state index contributed by atoms with van der Waals surface area (Å²) in [7, 11) is 0. The van der Waals surface area contributed by atoms with Crippen LogP contribution in [-0.4, -0.2) is 17.7 Å². The van der Waals surface area contributed by atoms with E-state index < -0.39 is 0 Å². The van der Waals surface area contributed by atoms with Crippen molar-refractivity contribution in [1.29, 1.82) is 0 Å². The fraction of sp³-hybridized carbons (Fsp3) is 0.433. The fourth-order valence-electron chi connectivity index (χ4n) is 5.33. The van der Waals surface area contributed by atoms with E-state index in [1.807, 2.05) is 26.8 Å². The quantitative estimate of drug-likeness (QED) is 0.297. The van der Waals surface area contributed by atoms with Crippen molar-refractivity contribution in [1.82, 2.24) is 0 Å². The molecule has 2 atom stereocenters. The van der Waals surface area contributed by atoms with Crippen LogP contribution in [0, 0.1) is 77.2 Å². The molecule has 34 heavy (non-hydrogen) atoms. The number of aromatic hydroxyl groups is 1. The summed E-state index contributed by atoms with van der Waals surface area (Å²) in [4.78, 5) is 12.8. The predicted octanol–water partition coefficient (Wildman–Crippen LogP) is 7.01. The van der Waals surface area contributed by atoms with E-state index in [9.17, 15) is 9.90 Å². The second kappa shape index (κ2) is 10.7. The Labute approximate surface area is 239 Å². The van der Waals surface area contributed by atoms with E-state index in [1.165, 1.54) is 27.6 Å². The number of ether oxygens (including phenoxy) is 1. The molecule has 3 nitrogen and oxygen atoms in total. The first-order valence-corrected chi connectivity index (χ1v) is 12.1. The topological polar surface area (TPSA) is 46.5 Å². The van der Waals surface area contributed by atoms with Crippen molar-refractivity contribution in [2.45, 2.75) is 73.1 Å². The summed E-state index contributed by atoms with van der Waals surface area (Å²) in [5.74, 6) is 0.00164. The number of aryl methyl sites for hydroxylation is 1. The average molecular weight is 672 g/mol. The monoisotopic (exact) mass is 671 g/mol. The number of benzene rings is 3. The second-order valence-electron chi connectivity index (χ2n) is 10.4. The number of phenols is 1. The standard InChI is InChI=1S/C30H36O3.Ac/c1-18-7-8-25-16-23(9-10-24(25)15-18)21(4)29(32)33-14-13-30(6)12-11-26-22(5)28(31)20(3)19(2)27(26)17-30;/h7-10,15-16,21,31H,11-14,17H2,1-6H3;/t21-,30+;/m0./s1. The molecule has 0 fully saturated rings. The van der Waals surface area contributed by atoms with Gasteiger partial charge in [-0.1, -0.05) is 48.9 Å². The minimum atomic E-state index is -0.286. The molecule has 0 aliphatic heterocycles. The molecule has 4 heteroatoms. The molecule has 4 rings (SSSR count). The van der Waals surface area contributed by atoms with E-state index in [4.69, 9.17) is 4.74 Å². The molecule has 1 N–H and O–H groups in total. The summed E-state index contributed by atoms with van der Waals surface area (Å²) in [5, 5.41) is 12.8. The summed E-state index contributed by atoms with van der Waals surface area (Å²) >= 11 is 0. The molecule has 0 heterocycles. The van der Waals surface area contributed by atoms with E-state index in [2.05, 4.69) is 51.1 Å². The van der Waals surface area contributed by atoms with Crippen molar-refractivity contribution in [3.05, 3.63) is 75.3 Å². The molecule has 0 unspecified atom stereocenters. The largest absolute Gasteiger partial charge is 0.507 e. The molecule has 0 saturated heterocycles. The van der Waals surface area contributed by atoms with Crippen molar-refractivity contribution >= 4 is 16.7 Å². The third kappa shape index (κ3) is 5.39. The summed E-state index contributed by atoms with van der Waals surface area (Å²) in [6.45, 7) is 12.9. The zero-order chi connectivity index (χ0) is 23.9. The number of carbonyl (C=O) groups excluding carboxylic acids is 1. The van der Waals surface area contributed by atoms with Crippen molar-refractivity contribution in [3.63, 3.8) is 0 Å². The number of phenolic OH excluding ortho intramolecular Hbond substituents is 1. The van der Waals surface area contributed by atoms with Gasteiger partial charge in [-0.15, -0.1) is 0 Å². The van der Waals surface area contributed by atoms with Crippen LogP contribution in [0.4, 0.5) is 0 Å². The van der Waals surface area contributed by atoms with Gasteiger partial charge in [-0.3, -0.25) is 4.79 Å². The predicted molar refractivity (Wildman–Crippen MR) is 135 cm³/mol. The van der Waals surface area contributed by atoms with Gasteiger partial charge in [0.15, 0.2) is 0 Å². The number of fused-ring (bicyclic) bond motifs is 2. The Bertz CT molecular complexity index is 1230. The van der Waals surface area contributed by atoms with Crippen molar-refractivity contribution in [2.75, 3.05) is 6.61 Å². The minimum absolute atomic E-state index is 0. The van der Waals surface area contributed by atoms with Crippen molar-refractivity contribution in [2.24, 2.45) is 5.41 Å². The first kappa shape index (κ1) is 27.2. The SMILES string of the molecule is Cc1ccc2cc([C@H](C)C(=O)OCC[C@@]3(C)CCc4c(C)c(O)c(C)c(C)c4C3)ccc2c1.[Ac]. The molecule has 1 aliphatic rings. The van der Waals surface area contributed by atoms with Crippen LogP contribution in [0.5, 0.6) is 5.75 Å². The molecule has 3 aromatic carbocycles. The van der Waals surface area contributed by atoms with Gasteiger partial charge in [0.1, 0.15) is 5.75 Å². The van der Waals surface area contributed by atoms with Gasteiger partial charge in [0.05, 0.1) is 12.5 Å². The van der Waals surface area contributed by atoms with Gasteiger partial charge in [-0.05, 0) is 110 Å². The van der Waals surface area contributed by atoms with Crippen LogP contribution < -0.4 is 0 Å². The van der Waals surface area contributed by atoms with Crippen LogP contribution in [-0.2, 0) is 22.4 Å². The zero-order valence-corrected chi connectivity index (χ0v) is 26.2. The molecule has 1 aliphatic carbocycles. The molecular weight excluding hydrogens is 635 g/mol. The zero-order valence-electron chi connectivity index (χ0n) is 21.4. The molecule has 0 saturated carbocycles. The van der Waals surface area contributed by atoms with Gasteiger partial charge in [0, 0.05) is 44.1 Å². The van der Waals surface area contributed by atoms with Gasteiger partial charge in [0.2, 0.25) is 0 Å². The number of hydrogen-bond acceptors (Lipinski definition) is 3. The van der Waals surface area contributed by atoms with Gasteiger partial charge < -0.3 is 9.84 Å². The fourth-order valence-corrected chi connectivity index (χ4v) is 5.33. The maximum Gasteiger partial charge on any atom is 0.313 e. The van der Waals surface area contributed by atoms with Gasteiger partial charge >= 0.3 is 5.97 Å². The van der Waals surface area contributed by atoms with Crippen LogP contribution in [0.25, 0.3) is 10.8 Å². The van der Waals surface area contributed by atoms with Crippen molar-refractivity contribution < 1.29 is 58.7 Å². The average Bonchev–Trinajstić information content (AvgIpc) is 2.80. The maximum absolute atomic E-state index is 12.8. The number of esters is 1. The Hall–Kier alpha value is -1.37. The molecule has 1 radical (unpaired) electrons. The third-order valence-corrected chi connectivity index (χ3v) is 7.95. The Balaban J connectivity index is 0.00000324. The van der Waals surface area contributed by atoms with Crippen LogP contribution in [0.3, 0.4) is 0 Å². The van der Waals surface area contributed by atoms with Gasteiger partial charge in [-0.2, -0.15) is 0 Å². The number of rotatable bonds is 5. The van der Waals surface area contributed by atoms with E-state index in [0.29, 0.717) is 12.4 Å². The molecule has 0 aromatic heterocycles. The summed E-state index contributed by atoms with van der Waals surface area (Å²) in [5.41, 5.74) is 8.23. The Morgan fingerprint density at radius 1 is 1.00 bits per heavy atom. The van der Waals surface area contributed by atoms with Crippen LogP contribution in [0.2, 0.25) is 0 Å². The van der Waals surface area contributed by atoms with Crippen molar-refractivity contribution in [3.8, 4) is 5.75 Å². The summed E-state index contributed by atoms with van der Waals surface area (Å²) in [6, 6.07) is 12.6. The number of hydrogen-bond donors (Lipinski definition) is 1.